The first-order chi connectivity index (χ1) is 6.54. The van der Waals surface area contributed by atoms with Gasteiger partial charge in [0.25, 0.3) is 5.69 Å². The highest BCUT2D eigenvalue weighted by Crippen LogP contribution is 2.17. The molecule has 1 aromatic rings. The minimum Gasteiger partial charge on any atom is -0.465 e. The van der Waals surface area contributed by atoms with E-state index in [1.54, 1.807) is 0 Å². The molecule has 73 valence electrons. The second kappa shape index (κ2) is 3.87. The number of non-ortho nitro benzene ring substituents is 1. The van der Waals surface area contributed by atoms with Crippen LogP contribution in [0.4, 0.5) is 5.69 Å². The van der Waals surface area contributed by atoms with E-state index in [0.717, 1.165) is 6.07 Å². The van der Waals surface area contributed by atoms with Crippen molar-refractivity contribution in [2.24, 2.45) is 0 Å². The van der Waals surface area contributed by atoms with Crippen molar-refractivity contribution in [2.75, 3.05) is 7.11 Å². The average molecular weight is 194 g/mol. The average Bonchev–Trinajstić information content (AvgIpc) is 2.15. The molecule has 0 bridgehead atoms. The molecule has 0 spiro atoms. The number of carbonyl (C=O) groups is 1. The molecule has 0 fully saturated rings. The Kier molecular flexibility index (Phi) is 2.81. The Hall–Kier alpha value is -1.91. The maximum Gasteiger partial charge on any atom is 0.338 e. The Balaban J connectivity index is 3.20. The number of nitro benzene ring substituents is 1. The molecule has 1 radical (unpaired) electrons. The van der Waals surface area contributed by atoms with Crippen LogP contribution in [0.3, 0.4) is 0 Å². The van der Waals surface area contributed by atoms with E-state index in [1.807, 2.05) is 0 Å². The van der Waals surface area contributed by atoms with Gasteiger partial charge in [-0.3, -0.25) is 10.1 Å². The summed E-state index contributed by atoms with van der Waals surface area (Å²) in [5, 5.41) is 10.4. The lowest BCUT2D eigenvalue weighted by atomic mass is 10.1. The first-order valence-corrected chi connectivity index (χ1v) is 3.74. The van der Waals surface area contributed by atoms with Crippen LogP contribution in [0.2, 0.25) is 0 Å². The molecule has 0 N–H and O–H groups in total. The van der Waals surface area contributed by atoms with Gasteiger partial charge in [0.2, 0.25) is 0 Å². The van der Waals surface area contributed by atoms with Crippen molar-refractivity contribution in [2.45, 2.75) is 0 Å². The maximum absolute atomic E-state index is 11.1. The third-order valence-electron chi connectivity index (χ3n) is 1.61. The molecule has 0 heterocycles. The van der Waals surface area contributed by atoms with Crippen LogP contribution in [0.5, 0.6) is 0 Å². The lowest BCUT2D eigenvalue weighted by Gasteiger charge is -2.00. The fourth-order valence-corrected chi connectivity index (χ4v) is 1.02. The second-order valence-electron chi connectivity index (χ2n) is 2.64. The van der Waals surface area contributed by atoms with Gasteiger partial charge < -0.3 is 4.74 Å². The van der Waals surface area contributed by atoms with Crippen molar-refractivity contribution >= 4 is 11.7 Å². The summed E-state index contributed by atoms with van der Waals surface area (Å²) in [5.74, 6) is -0.612. The molecule has 0 aliphatic rings. The number of nitrogens with zero attached hydrogens (tertiary/aromatic N) is 1. The molecule has 5 nitrogen and oxygen atoms in total. The Labute approximate surface area is 80.5 Å². The molecule has 0 aromatic heterocycles. The van der Waals surface area contributed by atoms with E-state index in [0.29, 0.717) is 5.56 Å². The SMILES string of the molecule is [CH2]c1cc(C(=O)OC)cc([N+](=O)[O-])c1. The van der Waals surface area contributed by atoms with Crippen LogP contribution in [0.1, 0.15) is 15.9 Å². The Morgan fingerprint density at radius 2 is 2.14 bits per heavy atom. The molecule has 1 aromatic carbocycles. The van der Waals surface area contributed by atoms with Gasteiger partial charge in [-0.05, 0) is 18.6 Å². The van der Waals surface area contributed by atoms with E-state index in [9.17, 15) is 14.9 Å². The van der Waals surface area contributed by atoms with Gasteiger partial charge in [-0.25, -0.2) is 4.79 Å². The van der Waals surface area contributed by atoms with E-state index < -0.39 is 10.9 Å². The second-order valence-corrected chi connectivity index (χ2v) is 2.64. The molecule has 5 heteroatoms. The van der Waals surface area contributed by atoms with E-state index >= 15 is 0 Å². The normalized spacial score (nSPS) is 9.57. The van der Waals surface area contributed by atoms with Gasteiger partial charge in [0.15, 0.2) is 0 Å². The molecule has 0 amide bonds. The quantitative estimate of drug-likeness (QED) is 0.407. The Morgan fingerprint density at radius 1 is 1.50 bits per heavy atom. The first kappa shape index (κ1) is 10.2. The predicted molar refractivity (Wildman–Crippen MR) is 48.9 cm³/mol. The minimum absolute atomic E-state index is 0.131. The van der Waals surface area contributed by atoms with Crippen molar-refractivity contribution < 1.29 is 14.5 Å². The van der Waals surface area contributed by atoms with Crippen molar-refractivity contribution in [3.8, 4) is 0 Å². The van der Waals surface area contributed by atoms with Gasteiger partial charge in [0.1, 0.15) is 0 Å². The topological polar surface area (TPSA) is 69.4 Å². The van der Waals surface area contributed by atoms with E-state index in [-0.39, 0.29) is 11.3 Å². The summed E-state index contributed by atoms with van der Waals surface area (Å²) < 4.78 is 4.44. The first-order valence-electron chi connectivity index (χ1n) is 3.74. The monoisotopic (exact) mass is 194 g/mol. The summed E-state index contributed by atoms with van der Waals surface area (Å²) in [6, 6.07) is 3.87. The van der Waals surface area contributed by atoms with Crippen LogP contribution in [-0.4, -0.2) is 18.0 Å². The molecule has 1 rings (SSSR count). The molecule has 0 atom stereocenters. The molecule has 14 heavy (non-hydrogen) atoms. The van der Waals surface area contributed by atoms with Crippen LogP contribution in [-0.2, 0) is 4.74 Å². The standard InChI is InChI=1S/C9H8NO4/c1-6-3-7(9(11)14-2)5-8(4-6)10(12)13/h3-5H,1H2,2H3. The number of esters is 1. The minimum atomic E-state index is -0.612. The molecule has 0 unspecified atom stereocenters. The molecule has 0 aliphatic carbocycles. The highest BCUT2D eigenvalue weighted by atomic mass is 16.6. The van der Waals surface area contributed by atoms with Gasteiger partial charge in [0.05, 0.1) is 17.6 Å². The highest BCUT2D eigenvalue weighted by molar-refractivity contribution is 5.90. The third-order valence-corrected chi connectivity index (χ3v) is 1.61. The van der Waals surface area contributed by atoms with Gasteiger partial charge in [-0.1, -0.05) is 0 Å². The van der Waals surface area contributed by atoms with Gasteiger partial charge in [0, 0.05) is 12.1 Å². The third kappa shape index (κ3) is 2.07. The summed E-state index contributed by atoms with van der Waals surface area (Å²) in [6.45, 7) is 3.53. The fraction of sp³-hybridized carbons (Fsp3) is 0.111. The van der Waals surface area contributed by atoms with Crippen LogP contribution < -0.4 is 0 Å². The van der Waals surface area contributed by atoms with Crippen LogP contribution in [0, 0.1) is 17.0 Å². The Morgan fingerprint density at radius 3 is 2.64 bits per heavy atom. The Bertz CT molecular complexity index is 386. The zero-order valence-electron chi connectivity index (χ0n) is 7.52. The number of benzene rings is 1. The number of ether oxygens (including phenoxy) is 1. The molecule has 0 saturated carbocycles. The number of methoxy groups -OCH3 is 1. The molecular formula is C9H8NO4. The van der Waals surface area contributed by atoms with Gasteiger partial charge in [-0.2, -0.15) is 0 Å². The number of carbonyl (C=O) groups excluding carboxylic acids is 1. The van der Waals surface area contributed by atoms with E-state index in [2.05, 4.69) is 11.7 Å². The van der Waals surface area contributed by atoms with Crippen molar-refractivity contribution in [1.82, 2.24) is 0 Å². The van der Waals surface area contributed by atoms with E-state index in [1.165, 1.54) is 19.2 Å². The van der Waals surface area contributed by atoms with Crippen LogP contribution in [0.25, 0.3) is 0 Å². The summed E-state index contributed by atoms with van der Waals surface area (Å²) in [5.41, 5.74) is 0.365. The number of nitro groups is 1. The van der Waals surface area contributed by atoms with Crippen LogP contribution in [0.15, 0.2) is 18.2 Å². The smallest absolute Gasteiger partial charge is 0.338 e. The van der Waals surface area contributed by atoms with Crippen molar-refractivity contribution in [3.05, 3.63) is 46.4 Å². The zero-order valence-corrected chi connectivity index (χ0v) is 7.52. The predicted octanol–water partition coefficient (Wildman–Crippen LogP) is 1.56. The summed E-state index contributed by atoms with van der Waals surface area (Å²) in [7, 11) is 1.21. The lowest BCUT2D eigenvalue weighted by molar-refractivity contribution is -0.384. The summed E-state index contributed by atoms with van der Waals surface area (Å²) >= 11 is 0. The number of hydrogen-bond donors (Lipinski definition) is 0. The molecule has 0 saturated heterocycles. The number of hydrogen-bond acceptors (Lipinski definition) is 4. The lowest BCUT2D eigenvalue weighted by Crippen LogP contribution is -2.02. The summed E-state index contributed by atoms with van der Waals surface area (Å²) in [6.07, 6.45) is 0. The van der Waals surface area contributed by atoms with Gasteiger partial charge in [-0.15, -0.1) is 0 Å². The van der Waals surface area contributed by atoms with Crippen molar-refractivity contribution in [3.63, 3.8) is 0 Å². The number of rotatable bonds is 2. The van der Waals surface area contributed by atoms with E-state index in [4.69, 9.17) is 0 Å². The molecular weight excluding hydrogens is 186 g/mol. The van der Waals surface area contributed by atoms with Crippen LogP contribution >= 0.6 is 0 Å². The van der Waals surface area contributed by atoms with Gasteiger partial charge >= 0.3 is 5.97 Å². The highest BCUT2D eigenvalue weighted by Gasteiger charge is 2.12. The molecule has 0 aliphatic heterocycles. The summed E-state index contributed by atoms with van der Waals surface area (Å²) in [4.78, 5) is 20.9. The zero-order chi connectivity index (χ0) is 10.7. The largest absolute Gasteiger partial charge is 0.465 e. The van der Waals surface area contributed by atoms with Crippen molar-refractivity contribution in [1.29, 1.82) is 0 Å². The maximum atomic E-state index is 11.1. The fourth-order valence-electron chi connectivity index (χ4n) is 1.02.